The Labute approximate surface area is 110 Å². The molecular formula is C13H16N3OS+. The highest BCUT2D eigenvalue weighted by atomic mass is 32.2. The van der Waals surface area contributed by atoms with Gasteiger partial charge in [-0.25, -0.2) is 9.37 Å². The molecule has 0 saturated heterocycles. The van der Waals surface area contributed by atoms with Gasteiger partial charge < -0.3 is 5.73 Å². The van der Waals surface area contributed by atoms with E-state index >= 15 is 0 Å². The molecule has 2 atom stereocenters. The molecule has 2 N–H and O–H groups in total. The van der Waals surface area contributed by atoms with Gasteiger partial charge in [0.05, 0.1) is 0 Å². The first-order valence-electron chi connectivity index (χ1n) is 6.08. The summed E-state index contributed by atoms with van der Waals surface area (Å²) >= 11 is 1.72. The lowest BCUT2D eigenvalue weighted by atomic mass is 10.1. The number of hydrogen-bond donors (Lipinski definition) is 1. The fraction of sp³-hybridized carbons (Fsp3) is 0.385. The minimum absolute atomic E-state index is 0.0500. The van der Waals surface area contributed by atoms with Crippen LogP contribution >= 0.6 is 11.8 Å². The third-order valence-corrected chi connectivity index (χ3v) is 4.88. The van der Waals surface area contributed by atoms with Crippen LogP contribution < -0.4 is 5.73 Å². The summed E-state index contributed by atoms with van der Waals surface area (Å²) in [6.07, 6.45) is 0. The predicted molar refractivity (Wildman–Crippen MR) is 72.7 cm³/mol. The molecule has 0 saturated carbocycles. The number of urea groups is 1. The molecule has 0 bridgehead atoms. The van der Waals surface area contributed by atoms with E-state index in [2.05, 4.69) is 23.6 Å². The van der Waals surface area contributed by atoms with E-state index in [0.717, 1.165) is 23.0 Å². The van der Waals surface area contributed by atoms with E-state index < -0.39 is 0 Å². The Morgan fingerprint density at radius 1 is 1.44 bits per heavy atom. The second-order valence-corrected chi connectivity index (χ2v) is 5.72. The van der Waals surface area contributed by atoms with Gasteiger partial charge >= 0.3 is 11.2 Å². The first-order valence-corrected chi connectivity index (χ1v) is 7.07. The van der Waals surface area contributed by atoms with Crippen LogP contribution in [-0.2, 0) is 0 Å². The van der Waals surface area contributed by atoms with Crippen LogP contribution in [0.4, 0.5) is 4.79 Å². The summed E-state index contributed by atoms with van der Waals surface area (Å²) < 4.78 is 2.28. The molecule has 2 amide bonds. The second-order valence-electron chi connectivity index (χ2n) is 4.73. The SMILES string of the molecule is CC1CSC2=[N+]1CC(c1ccccc1)N2C(N)=O. The number of thioether (sulfide) groups is 1. The number of nitrogens with two attached hydrogens (primary N) is 1. The molecule has 2 unspecified atom stereocenters. The highest BCUT2D eigenvalue weighted by Crippen LogP contribution is 2.34. The Morgan fingerprint density at radius 3 is 2.83 bits per heavy atom. The lowest BCUT2D eigenvalue weighted by molar-refractivity contribution is -0.546. The highest BCUT2D eigenvalue weighted by Gasteiger charge is 2.49. The summed E-state index contributed by atoms with van der Waals surface area (Å²) in [6, 6.07) is 10.3. The minimum atomic E-state index is -0.358. The topological polar surface area (TPSA) is 49.3 Å². The molecule has 2 aliphatic heterocycles. The van der Waals surface area contributed by atoms with E-state index in [1.807, 2.05) is 18.2 Å². The fourth-order valence-electron chi connectivity index (χ4n) is 2.60. The second kappa shape index (κ2) is 4.31. The van der Waals surface area contributed by atoms with Crippen LogP contribution in [0.5, 0.6) is 0 Å². The summed E-state index contributed by atoms with van der Waals surface area (Å²) in [7, 11) is 0. The van der Waals surface area contributed by atoms with E-state index in [1.165, 1.54) is 0 Å². The molecule has 2 aliphatic rings. The van der Waals surface area contributed by atoms with Gasteiger partial charge in [-0.05, 0) is 18.7 Å². The highest BCUT2D eigenvalue weighted by molar-refractivity contribution is 8.13. The number of benzene rings is 1. The molecule has 2 heterocycles. The average Bonchev–Trinajstić information content (AvgIpc) is 2.91. The number of carbonyl (C=O) groups is 1. The van der Waals surface area contributed by atoms with Crippen molar-refractivity contribution in [3.05, 3.63) is 35.9 Å². The summed E-state index contributed by atoms with van der Waals surface area (Å²) in [4.78, 5) is 13.5. The van der Waals surface area contributed by atoms with Crippen LogP contribution in [0.3, 0.4) is 0 Å². The van der Waals surface area contributed by atoms with Crippen molar-refractivity contribution in [3.63, 3.8) is 0 Å². The monoisotopic (exact) mass is 262 g/mol. The molecule has 5 heteroatoms. The minimum Gasteiger partial charge on any atom is -0.331 e. The molecule has 0 aliphatic carbocycles. The molecule has 3 rings (SSSR count). The van der Waals surface area contributed by atoms with Gasteiger partial charge in [-0.2, -0.15) is 4.90 Å². The van der Waals surface area contributed by atoms with E-state index in [4.69, 9.17) is 5.73 Å². The van der Waals surface area contributed by atoms with Crippen molar-refractivity contribution in [1.82, 2.24) is 4.90 Å². The Bertz CT molecular complexity index is 514. The molecule has 1 aromatic rings. The van der Waals surface area contributed by atoms with Crippen molar-refractivity contribution in [1.29, 1.82) is 0 Å². The average molecular weight is 262 g/mol. The molecule has 0 radical (unpaired) electrons. The Kier molecular flexibility index (Phi) is 2.78. The van der Waals surface area contributed by atoms with E-state index in [1.54, 1.807) is 16.7 Å². The van der Waals surface area contributed by atoms with Crippen LogP contribution in [0.1, 0.15) is 18.5 Å². The third kappa shape index (κ3) is 1.70. The smallest absolute Gasteiger partial charge is 0.331 e. The van der Waals surface area contributed by atoms with Crippen LogP contribution in [0.15, 0.2) is 30.3 Å². The van der Waals surface area contributed by atoms with E-state index in [0.29, 0.717) is 6.04 Å². The van der Waals surface area contributed by atoms with Gasteiger partial charge in [0.25, 0.3) is 0 Å². The Balaban J connectivity index is 1.97. The zero-order valence-electron chi connectivity index (χ0n) is 10.2. The van der Waals surface area contributed by atoms with Crippen molar-refractivity contribution in [2.24, 2.45) is 5.73 Å². The van der Waals surface area contributed by atoms with Gasteiger partial charge in [0.15, 0.2) is 6.04 Å². The van der Waals surface area contributed by atoms with E-state index in [-0.39, 0.29) is 12.1 Å². The van der Waals surface area contributed by atoms with Gasteiger partial charge in [-0.3, -0.25) is 0 Å². The quantitative estimate of drug-likeness (QED) is 0.782. The predicted octanol–water partition coefficient (Wildman–Crippen LogP) is 1.63. The lowest BCUT2D eigenvalue weighted by Crippen LogP contribution is -2.39. The number of carbonyl (C=O) groups excluding carboxylic acids is 1. The van der Waals surface area contributed by atoms with Crippen LogP contribution in [0.25, 0.3) is 0 Å². The maximum Gasteiger partial charge on any atom is 0.407 e. The maximum absolute atomic E-state index is 11.7. The Hall–Kier alpha value is -1.49. The van der Waals surface area contributed by atoms with Crippen molar-refractivity contribution in [2.45, 2.75) is 19.0 Å². The molecule has 0 fully saturated rings. The third-order valence-electron chi connectivity index (χ3n) is 3.54. The molecule has 18 heavy (non-hydrogen) atoms. The van der Waals surface area contributed by atoms with Gasteiger partial charge in [0.1, 0.15) is 12.6 Å². The molecule has 0 spiro atoms. The summed E-state index contributed by atoms with van der Waals surface area (Å²) in [6.45, 7) is 3.03. The van der Waals surface area contributed by atoms with Crippen molar-refractivity contribution >= 4 is 23.0 Å². The Morgan fingerprint density at radius 2 is 2.17 bits per heavy atom. The molecular weight excluding hydrogens is 246 g/mol. The van der Waals surface area contributed by atoms with Crippen molar-refractivity contribution < 1.29 is 9.37 Å². The first kappa shape index (κ1) is 11.6. The number of primary amides is 1. The number of hydrogen-bond acceptors (Lipinski definition) is 2. The van der Waals surface area contributed by atoms with Crippen molar-refractivity contribution in [3.8, 4) is 0 Å². The van der Waals surface area contributed by atoms with E-state index in [9.17, 15) is 4.79 Å². The molecule has 4 nitrogen and oxygen atoms in total. The number of rotatable bonds is 1. The van der Waals surface area contributed by atoms with Crippen molar-refractivity contribution in [2.75, 3.05) is 12.3 Å². The number of amidine groups is 1. The molecule has 94 valence electrons. The lowest BCUT2D eigenvalue weighted by Gasteiger charge is -2.16. The van der Waals surface area contributed by atoms with Crippen LogP contribution in [0, 0.1) is 0 Å². The zero-order chi connectivity index (χ0) is 12.7. The van der Waals surface area contributed by atoms with Gasteiger partial charge in [-0.15, -0.1) is 0 Å². The normalized spacial score (nSPS) is 26.6. The number of nitrogens with zero attached hydrogens (tertiary/aromatic N) is 2. The molecule has 1 aromatic carbocycles. The van der Waals surface area contributed by atoms with Gasteiger partial charge in [0.2, 0.25) is 0 Å². The van der Waals surface area contributed by atoms with Gasteiger partial charge in [-0.1, -0.05) is 30.3 Å². The maximum atomic E-state index is 11.7. The largest absolute Gasteiger partial charge is 0.407 e. The zero-order valence-corrected chi connectivity index (χ0v) is 11.1. The summed E-state index contributed by atoms with van der Waals surface area (Å²) in [5.41, 5.74) is 6.70. The molecule has 0 aromatic heterocycles. The number of amides is 2. The summed E-state index contributed by atoms with van der Waals surface area (Å²) in [5.74, 6) is 1.03. The summed E-state index contributed by atoms with van der Waals surface area (Å²) in [5, 5.41) is 1.02. The van der Waals surface area contributed by atoms with Crippen LogP contribution in [0.2, 0.25) is 0 Å². The first-order chi connectivity index (χ1) is 8.68. The standard InChI is InChI=1S/C13H15N3OS/c1-9-8-18-13-15(9)7-11(16(13)12(14)17)10-5-3-2-4-6-10/h2-6,9,11H,7-8H2,1H3,(H-,14,17)/p+1. The fourth-order valence-corrected chi connectivity index (χ4v) is 3.95. The van der Waals surface area contributed by atoms with Gasteiger partial charge in [0, 0.05) is 11.3 Å². The van der Waals surface area contributed by atoms with Crippen LogP contribution in [-0.4, -0.2) is 39.0 Å².